The van der Waals surface area contributed by atoms with Crippen LogP contribution in [0.25, 0.3) is 0 Å². The molecule has 1 saturated carbocycles. The summed E-state index contributed by atoms with van der Waals surface area (Å²) < 4.78 is 0. The van der Waals surface area contributed by atoms with E-state index in [1.807, 2.05) is 0 Å². The minimum absolute atomic E-state index is 0.237. The third-order valence-corrected chi connectivity index (χ3v) is 3.55. The maximum absolute atomic E-state index is 9.51. The van der Waals surface area contributed by atoms with Crippen molar-refractivity contribution in [3.8, 4) is 0 Å². The number of nitrogens with one attached hydrogen (secondary N) is 1. The fourth-order valence-corrected chi connectivity index (χ4v) is 2.89. The van der Waals surface area contributed by atoms with Gasteiger partial charge in [0.15, 0.2) is 0 Å². The molecule has 0 aromatic carbocycles. The summed E-state index contributed by atoms with van der Waals surface area (Å²) >= 11 is 0. The second-order valence-electron chi connectivity index (χ2n) is 4.45. The fraction of sp³-hybridized carbons (Fsp3) is 1.00. The highest BCUT2D eigenvalue weighted by atomic mass is 16.3. The number of aliphatic hydroxyl groups is 1. The average molecular weight is 169 g/mol. The molecule has 0 spiro atoms. The molecule has 1 saturated heterocycles. The zero-order valence-electron chi connectivity index (χ0n) is 7.79. The standard InChI is InChI=1S/C10H19NO/c1-7-6-10(12)11-9-5-3-2-4-8(7)9/h7-12H,2-6H2,1H3. The van der Waals surface area contributed by atoms with Gasteiger partial charge >= 0.3 is 0 Å². The minimum Gasteiger partial charge on any atom is -0.379 e. The van der Waals surface area contributed by atoms with Gasteiger partial charge in [-0.15, -0.1) is 0 Å². The van der Waals surface area contributed by atoms with Gasteiger partial charge in [0.1, 0.15) is 6.23 Å². The quantitative estimate of drug-likeness (QED) is 0.576. The first kappa shape index (κ1) is 8.52. The number of hydrogen-bond acceptors (Lipinski definition) is 2. The Labute approximate surface area is 74.4 Å². The van der Waals surface area contributed by atoms with Crippen molar-refractivity contribution >= 4 is 0 Å². The Morgan fingerprint density at radius 2 is 2.00 bits per heavy atom. The monoisotopic (exact) mass is 169 g/mol. The molecule has 1 heterocycles. The minimum atomic E-state index is -0.237. The molecule has 1 aliphatic heterocycles. The van der Waals surface area contributed by atoms with Gasteiger partial charge in [-0.3, -0.25) is 5.32 Å². The summed E-state index contributed by atoms with van der Waals surface area (Å²) in [5.74, 6) is 1.55. The topological polar surface area (TPSA) is 32.3 Å². The second-order valence-corrected chi connectivity index (χ2v) is 4.45. The van der Waals surface area contributed by atoms with E-state index in [1.165, 1.54) is 25.7 Å². The van der Waals surface area contributed by atoms with Crippen molar-refractivity contribution in [1.29, 1.82) is 0 Å². The largest absolute Gasteiger partial charge is 0.379 e. The SMILES string of the molecule is CC1CC(O)NC2CCCCC12. The van der Waals surface area contributed by atoms with Gasteiger partial charge in [-0.25, -0.2) is 0 Å². The average Bonchev–Trinajstić information content (AvgIpc) is 2.04. The van der Waals surface area contributed by atoms with Crippen LogP contribution in [0.1, 0.15) is 39.0 Å². The molecule has 0 amide bonds. The van der Waals surface area contributed by atoms with Gasteiger partial charge in [-0.2, -0.15) is 0 Å². The van der Waals surface area contributed by atoms with Gasteiger partial charge < -0.3 is 5.11 Å². The van der Waals surface area contributed by atoms with Gasteiger partial charge in [0, 0.05) is 6.04 Å². The Balaban J connectivity index is 2.01. The van der Waals surface area contributed by atoms with Gasteiger partial charge in [-0.1, -0.05) is 19.8 Å². The first-order valence-corrected chi connectivity index (χ1v) is 5.21. The van der Waals surface area contributed by atoms with Crippen LogP contribution in [-0.2, 0) is 0 Å². The smallest absolute Gasteiger partial charge is 0.105 e. The molecule has 2 aliphatic rings. The second kappa shape index (κ2) is 3.35. The normalized spacial score (nSPS) is 48.5. The van der Waals surface area contributed by atoms with Crippen LogP contribution < -0.4 is 5.32 Å². The molecule has 2 N–H and O–H groups in total. The summed E-state index contributed by atoms with van der Waals surface area (Å²) in [4.78, 5) is 0. The lowest BCUT2D eigenvalue weighted by molar-refractivity contribution is 0.0124. The van der Waals surface area contributed by atoms with Crippen molar-refractivity contribution in [2.24, 2.45) is 11.8 Å². The Kier molecular flexibility index (Phi) is 2.37. The summed E-state index contributed by atoms with van der Waals surface area (Å²) in [6.45, 7) is 2.28. The molecule has 0 radical (unpaired) electrons. The number of aliphatic hydroxyl groups excluding tert-OH is 1. The zero-order chi connectivity index (χ0) is 8.55. The Bertz CT molecular complexity index is 160. The fourth-order valence-electron chi connectivity index (χ4n) is 2.89. The molecule has 2 rings (SSSR count). The van der Waals surface area contributed by atoms with Crippen LogP contribution in [0.4, 0.5) is 0 Å². The maximum atomic E-state index is 9.51. The van der Waals surface area contributed by atoms with Crippen molar-refractivity contribution in [2.75, 3.05) is 0 Å². The van der Waals surface area contributed by atoms with Crippen molar-refractivity contribution in [3.63, 3.8) is 0 Å². The molecule has 12 heavy (non-hydrogen) atoms. The van der Waals surface area contributed by atoms with E-state index in [4.69, 9.17) is 0 Å². The lowest BCUT2D eigenvalue weighted by Crippen LogP contribution is -2.52. The van der Waals surface area contributed by atoms with Crippen LogP contribution in [0.2, 0.25) is 0 Å². The molecule has 2 fully saturated rings. The molecule has 0 bridgehead atoms. The molecule has 2 heteroatoms. The van der Waals surface area contributed by atoms with Gasteiger partial charge in [0.05, 0.1) is 0 Å². The van der Waals surface area contributed by atoms with Gasteiger partial charge in [-0.05, 0) is 31.1 Å². The Hall–Kier alpha value is -0.0800. The molecule has 70 valence electrons. The van der Waals surface area contributed by atoms with Crippen LogP contribution >= 0.6 is 0 Å². The van der Waals surface area contributed by atoms with Crippen molar-refractivity contribution in [2.45, 2.75) is 51.3 Å². The molecular formula is C10H19NO. The van der Waals surface area contributed by atoms with Crippen LogP contribution in [0.5, 0.6) is 0 Å². The van der Waals surface area contributed by atoms with Crippen LogP contribution in [0.3, 0.4) is 0 Å². The molecule has 4 unspecified atom stereocenters. The van der Waals surface area contributed by atoms with Gasteiger partial charge in [0.25, 0.3) is 0 Å². The number of piperidine rings is 1. The van der Waals surface area contributed by atoms with E-state index in [0.717, 1.165) is 12.3 Å². The summed E-state index contributed by atoms with van der Waals surface area (Å²) in [5.41, 5.74) is 0. The number of hydrogen-bond donors (Lipinski definition) is 2. The van der Waals surface area contributed by atoms with Crippen LogP contribution in [0.15, 0.2) is 0 Å². The highest BCUT2D eigenvalue weighted by Crippen LogP contribution is 2.35. The molecule has 1 aliphatic carbocycles. The number of fused-ring (bicyclic) bond motifs is 1. The third-order valence-electron chi connectivity index (χ3n) is 3.55. The number of rotatable bonds is 0. The van der Waals surface area contributed by atoms with E-state index in [0.29, 0.717) is 12.0 Å². The van der Waals surface area contributed by atoms with Crippen LogP contribution in [0, 0.1) is 11.8 Å². The highest BCUT2D eigenvalue weighted by molar-refractivity contribution is 4.89. The lowest BCUT2D eigenvalue weighted by atomic mass is 9.73. The first-order chi connectivity index (χ1) is 5.77. The van der Waals surface area contributed by atoms with E-state index in [9.17, 15) is 5.11 Å². The predicted octanol–water partition coefficient (Wildman–Crippen LogP) is 1.49. The first-order valence-electron chi connectivity index (χ1n) is 5.21. The molecule has 2 nitrogen and oxygen atoms in total. The molecule has 0 aromatic rings. The van der Waals surface area contributed by atoms with Crippen molar-refractivity contribution < 1.29 is 5.11 Å². The van der Waals surface area contributed by atoms with Crippen molar-refractivity contribution in [1.82, 2.24) is 5.32 Å². The predicted molar refractivity (Wildman–Crippen MR) is 48.7 cm³/mol. The Morgan fingerprint density at radius 3 is 2.83 bits per heavy atom. The molecular weight excluding hydrogens is 150 g/mol. The maximum Gasteiger partial charge on any atom is 0.105 e. The molecule has 4 atom stereocenters. The third kappa shape index (κ3) is 1.50. The summed E-state index contributed by atoms with van der Waals surface area (Å²) in [7, 11) is 0. The lowest BCUT2D eigenvalue weighted by Gasteiger charge is -2.42. The zero-order valence-corrected chi connectivity index (χ0v) is 7.79. The van der Waals surface area contributed by atoms with E-state index >= 15 is 0 Å². The van der Waals surface area contributed by atoms with E-state index in [-0.39, 0.29) is 6.23 Å². The van der Waals surface area contributed by atoms with Gasteiger partial charge in [0.2, 0.25) is 0 Å². The Morgan fingerprint density at radius 1 is 1.25 bits per heavy atom. The summed E-state index contributed by atoms with van der Waals surface area (Å²) in [6.07, 6.45) is 6.08. The summed E-state index contributed by atoms with van der Waals surface area (Å²) in [6, 6.07) is 0.609. The van der Waals surface area contributed by atoms with E-state index in [2.05, 4.69) is 12.2 Å². The highest BCUT2D eigenvalue weighted by Gasteiger charge is 2.35. The van der Waals surface area contributed by atoms with Crippen molar-refractivity contribution in [3.05, 3.63) is 0 Å². The van der Waals surface area contributed by atoms with E-state index in [1.54, 1.807) is 0 Å². The van der Waals surface area contributed by atoms with Crippen LogP contribution in [-0.4, -0.2) is 17.4 Å². The van der Waals surface area contributed by atoms with E-state index < -0.39 is 0 Å². The summed E-state index contributed by atoms with van der Waals surface area (Å²) in [5, 5.41) is 12.8. The molecule has 0 aromatic heterocycles.